The fourth-order valence-electron chi connectivity index (χ4n) is 2.47. The molecule has 2 aromatic rings. The summed E-state index contributed by atoms with van der Waals surface area (Å²) in [6.45, 7) is 3.09. The van der Waals surface area contributed by atoms with Crippen molar-refractivity contribution in [2.75, 3.05) is 24.2 Å². The number of carbonyl (C=O) groups is 2. The molecular formula is C14H17N5O2S. The molecule has 22 heavy (non-hydrogen) atoms. The highest BCUT2D eigenvalue weighted by atomic mass is 32.2. The van der Waals surface area contributed by atoms with Crippen molar-refractivity contribution in [2.24, 2.45) is 7.05 Å². The van der Waals surface area contributed by atoms with Crippen molar-refractivity contribution in [3.63, 3.8) is 0 Å². The van der Waals surface area contributed by atoms with Gasteiger partial charge in [0.25, 0.3) is 5.24 Å². The van der Waals surface area contributed by atoms with Crippen molar-refractivity contribution in [1.29, 1.82) is 0 Å². The average Bonchev–Trinajstić information content (AvgIpc) is 3.01. The third kappa shape index (κ3) is 2.92. The van der Waals surface area contributed by atoms with Crippen LogP contribution in [0.25, 0.3) is 11.0 Å². The molecule has 8 heteroatoms. The lowest BCUT2D eigenvalue weighted by molar-refractivity contribution is -0.116. The summed E-state index contributed by atoms with van der Waals surface area (Å²) in [5.41, 5.74) is 2.31. The number of fused-ring (bicyclic) bond motifs is 1. The Labute approximate surface area is 132 Å². The van der Waals surface area contributed by atoms with E-state index in [-0.39, 0.29) is 17.6 Å². The zero-order chi connectivity index (χ0) is 15.7. The van der Waals surface area contributed by atoms with Gasteiger partial charge in [-0.15, -0.1) is 0 Å². The predicted octanol–water partition coefficient (Wildman–Crippen LogP) is 1.77. The lowest BCUT2D eigenvalue weighted by Crippen LogP contribution is -2.27. The number of rotatable bonds is 4. The van der Waals surface area contributed by atoms with Gasteiger partial charge in [0.2, 0.25) is 5.91 Å². The maximum atomic E-state index is 12.0. The van der Waals surface area contributed by atoms with Gasteiger partial charge in [-0.25, -0.2) is 4.98 Å². The molecule has 1 saturated heterocycles. The molecule has 1 N–H and O–H groups in total. The highest BCUT2D eigenvalue weighted by Gasteiger charge is 2.21. The van der Waals surface area contributed by atoms with Crippen LogP contribution < -0.4 is 5.32 Å². The Morgan fingerprint density at radius 1 is 1.50 bits per heavy atom. The number of aromatic nitrogens is 3. The van der Waals surface area contributed by atoms with Crippen molar-refractivity contribution < 1.29 is 9.59 Å². The summed E-state index contributed by atoms with van der Waals surface area (Å²) in [6.07, 6.45) is 1.91. The molecular weight excluding hydrogens is 302 g/mol. The molecule has 0 unspecified atom stereocenters. The molecule has 0 aliphatic carbocycles. The highest BCUT2D eigenvalue weighted by Crippen LogP contribution is 2.20. The third-order valence-electron chi connectivity index (χ3n) is 3.60. The van der Waals surface area contributed by atoms with E-state index >= 15 is 0 Å². The fourth-order valence-corrected chi connectivity index (χ4v) is 3.32. The van der Waals surface area contributed by atoms with Gasteiger partial charge >= 0.3 is 0 Å². The monoisotopic (exact) mass is 319 g/mol. The van der Waals surface area contributed by atoms with Gasteiger partial charge < -0.3 is 10.2 Å². The molecule has 7 nitrogen and oxygen atoms in total. The lowest BCUT2D eigenvalue weighted by atomic mass is 10.2. The number of hydrogen-bond acceptors (Lipinski definition) is 5. The molecule has 1 aliphatic rings. The Morgan fingerprint density at radius 2 is 2.32 bits per heavy atom. The van der Waals surface area contributed by atoms with Gasteiger partial charge in [-0.3, -0.25) is 14.3 Å². The minimum Gasteiger partial charge on any atom is -0.332 e. The second-order valence-corrected chi connectivity index (χ2v) is 6.25. The van der Waals surface area contributed by atoms with Crippen LogP contribution in [0.3, 0.4) is 0 Å². The summed E-state index contributed by atoms with van der Waals surface area (Å²) in [4.78, 5) is 29.5. The van der Waals surface area contributed by atoms with E-state index in [2.05, 4.69) is 15.4 Å². The van der Waals surface area contributed by atoms with Crippen LogP contribution in [0.4, 0.5) is 10.5 Å². The molecule has 2 aromatic heterocycles. The Morgan fingerprint density at radius 3 is 3.05 bits per heavy atom. The Balaban J connectivity index is 1.63. The van der Waals surface area contributed by atoms with E-state index in [1.807, 2.05) is 20.0 Å². The van der Waals surface area contributed by atoms with E-state index in [0.29, 0.717) is 12.2 Å². The van der Waals surface area contributed by atoms with Crippen LogP contribution in [0.15, 0.2) is 12.3 Å². The van der Waals surface area contributed by atoms with E-state index in [4.69, 9.17) is 0 Å². The van der Waals surface area contributed by atoms with Gasteiger partial charge in [-0.1, -0.05) is 11.8 Å². The number of carbonyl (C=O) groups excluding carboxylic acids is 2. The summed E-state index contributed by atoms with van der Waals surface area (Å²) in [7, 11) is 1.84. The van der Waals surface area contributed by atoms with Crippen LogP contribution in [-0.2, 0) is 11.8 Å². The SMILES string of the molecule is Cc1nn(C)c2ncc(NC(=O)CCN3CCSC3=O)cc12. The Kier molecular flexibility index (Phi) is 4.02. The van der Waals surface area contributed by atoms with Gasteiger partial charge in [-0.2, -0.15) is 5.10 Å². The van der Waals surface area contributed by atoms with Crippen LogP contribution in [0, 0.1) is 6.92 Å². The minimum atomic E-state index is -0.118. The van der Waals surface area contributed by atoms with E-state index in [9.17, 15) is 9.59 Å². The summed E-state index contributed by atoms with van der Waals surface area (Å²) in [6, 6.07) is 1.87. The molecule has 0 radical (unpaired) electrons. The predicted molar refractivity (Wildman–Crippen MR) is 85.9 cm³/mol. The van der Waals surface area contributed by atoms with E-state index in [0.717, 1.165) is 29.0 Å². The number of nitrogens with one attached hydrogen (secondary N) is 1. The number of aryl methyl sites for hydroxylation is 2. The minimum absolute atomic E-state index is 0.0573. The maximum Gasteiger partial charge on any atom is 0.281 e. The van der Waals surface area contributed by atoms with E-state index in [1.165, 1.54) is 11.8 Å². The molecule has 1 fully saturated rings. The highest BCUT2D eigenvalue weighted by molar-refractivity contribution is 8.13. The topological polar surface area (TPSA) is 80.1 Å². The van der Waals surface area contributed by atoms with Gasteiger partial charge in [0.1, 0.15) is 0 Å². The number of hydrogen-bond donors (Lipinski definition) is 1. The maximum absolute atomic E-state index is 12.0. The average molecular weight is 319 g/mol. The normalized spacial score (nSPS) is 14.8. The molecule has 1 aliphatic heterocycles. The summed E-state index contributed by atoms with van der Waals surface area (Å²) in [5, 5.41) is 8.11. The standard InChI is InChI=1S/C14H17N5O2S/c1-9-11-7-10(8-15-13(11)18(2)17-9)16-12(20)3-4-19-5-6-22-14(19)21/h7-8H,3-6H2,1-2H3,(H,16,20). The van der Waals surface area contributed by atoms with Crippen molar-refractivity contribution in [3.05, 3.63) is 18.0 Å². The summed E-state index contributed by atoms with van der Waals surface area (Å²) < 4.78 is 1.72. The number of amides is 2. The zero-order valence-electron chi connectivity index (χ0n) is 12.5. The van der Waals surface area contributed by atoms with Crippen LogP contribution in [-0.4, -0.2) is 49.7 Å². The number of nitrogens with zero attached hydrogens (tertiary/aromatic N) is 4. The third-order valence-corrected chi connectivity index (χ3v) is 4.49. The summed E-state index contributed by atoms with van der Waals surface area (Å²) >= 11 is 1.30. The largest absolute Gasteiger partial charge is 0.332 e. The molecule has 0 saturated carbocycles. The van der Waals surface area contributed by atoms with Crippen LogP contribution >= 0.6 is 11.8 Å². The lowest BCUT2D eigenvalue weighted by Gasteiger charge is -2.13. The number of pyridine rings is 1. The molecule has 0 atom stereocenters. The first-order valence-corrected chi connectivity index (χ1v) is 8.04. The molecule has 2 amide bonds. The van der Waals surface area contributed by atoms with Crippen molar-refractivity contribution >= 4 is 39.6 Å². The molecule has 0 aromatic carbocycles. The number of thioether (sulfide) groups is 1. The first-order valence-electron chi connectivity index (χ1n) is 7.05. The van der Waals surface area contributed by atoms with Crippen molar-refractivity contribution in [2.45, 2.75) is 13.3 Å². The summed E-state index contributed by atoms with van der Waals surface area (Å²) in [5.74, 6) is 0.689. The van der Waals surface area contributed by atoms with Gasteiger partial charge in [0.05, 0.1) is 17.6 Å². The molecule has 116 valence electrons. The van der Waals surface area contributed by atoms with Crippen LogP contribution in [0.5, 0.6) is 0 Å². The Bertz CT molecular complexity index is 742. The molecule has 3 rings (SSSR count). The number of anilines is 1. The van der Waals surface area contributed by atoms with Gasteiger partial charge in [-0.05, 0) is 13.0 Å². The van der Waals surface area contributed by atoms with Crippen molar-refractivity contribution in [3.8, 4) is 0 Å². The second kappa shape index (κ2) is 5.96. The second-order valence-electron chi connectivity index (χ2n) is 5.20. The smallest absolute Gasteiger partial charge is 0.281 e. The molecule has 0 bridgehead atoms. The van der Waals surface area contributed by atoms with Gasteiger partial charge in [0.15, 0.2) is 5.65 Å². The zero-order valence-corrected chi connectivity index (χ0v) is 13.3. The van der Waals surface area contributed by atoms with E-state index in [1.54, 1.807) is 15.8 Å². The van der Waals surface area contributed by atoms with Crippen molar-refractivity contribution in [1.82, 2.24) is 19.7 Å². The van der Waals surface area contributed by atoms with Crippen LogP contribution in [0.1, 0.15) is 12.1 Å². The fraction of sp³-hybridized carbons (Fsp3) is 0.429. The Hall–Kier alpha value is -2.09. The molecule has 0 spiro atoms. The quantitative estimate of drug-likeness (QED) is 0.929. The first kappa shape index (κ1) is 14.8. The van der Waals surface area contributed by atoms with Crippen LogP contribution in [0.2, 0.25) is 0 Å². The van der Waals surface area contributed by atoms with Gasteiger partial charge in [0, 0.05) is 37.7 Å². The first-order chi connectivity index (χ1) is 10.5. The molecule has 3 heterocycles. The van der Waals surface area contributed by atoms with E-state index < -0.39 is 0 Å².